The summed E-state index contributed by atoms with van der Waals surface area (Å²) >= 11 is 0. The van der Waals surface area contributed by atoms with Gasteiger partial charge in [-0.3, -0.25) is 4.90 Å². The van der Waals surface area contributed by atoms with E-state index in [1.165, 1.54) is 13.1 Å². The second-order valence-corrected chi connectivity index (χ2v) is 6.70. The third kappa shape index (κ3) is 0.400. The van der Waals surface area contributed by atoms with Gasteiger partial charge in [-0.05, 0) is 61.7 Å². The highest BCUT2D eigenvalue weighted by Gasteiger charge is 2.82. The first-order chi connectivity index (χ1) is 6.83. The number of hydrogen-bond donors (Lipinski definition) is 0. The van der Waals surface area contributed by atoms with Crippen LogP contribution in [0.15, 0.2) is 0 Å². The van der Waals surface area contributed by atoms with Crippen LogP contribution >= 0.6 is 0 Å². The van der Waals surface area contributed by atoms with E-state index < -0.39 is 0 Å². The second-order valence-electron chi connectivity index (χ2n) is 6.70. The molecule has 76 valence electrons. The van der Waals surface area contributed by atoms with E-state index >= 15 is 0 Å². The summed E-state index contributed by atoms with van der Waals surface area (Å²) < 4.78 is 0. The van der Waals surface area contributed by atoms with Gasteiger partial charge in [0.05, 0.1) is 0 Å². The Morgan fingerprint density at radius 2 is 1.86 bits per heavy atom. The maximum absolute atomic E-state index is 2.89. The fraction of sp³-hybridized carbons (Fsp3) is 1.00. The summed E-state index contributed by atoms with van der Waals surface area (Å²) in [6.07, 6.45) is 11.1. The molecule has 4 atom stereocenters. The van der Waals surface area contributed by atoms with Crippen LogP contribution in [0.5, 0.6) is 0 Å². The summed E-state index contributed by atoms with van der Waals surface area (Å²) in [6, 6.07) is 0. The van der Waals surface area contributed by atoms with Crippen LogP contribution in [0.4, 0.5) is 0 Å². The Morgan fingerprint density at radius 1 is 0.929 bits per heavy atom. The van der Waals surface area contributed by atoms with Gasteiger partial charge in [-0.1, -0.05) is 0 Å². The van der Waals surface area contributed by atoms with Crippen molar-refractivity contribution >= 4 is 0 Å². The molecule has 0 amide bonds. The highest BCUT2D eigenvalue weighted by atomic mass is 15.3. The summed E-state index contributed by atoms with van der Waals surface area (Å²) in [7, 11) is 0. The number of piperidine rings is 1. The van der Waals surface area contributed by atoms with Crippen molar-refractivity contribution in [1.29, 1.82) is 0 Å². The van der Waals surface area contributed by atoms with Gasteiger partial charge in [0.2, 0.25) is 0 Å². The summed E-state index contributed by atoms with van der Waals surface area (Å²) in [5.41, 5.74) is 2.56. The van der Waals surface area contributed by atoms with E-state index in [-0.39, 0.29) is 0 Å². The monoisotopic (exact) mass is 189 g/mol. The van der Waals surface area contributed by atoms with E-state index in [1.54, 1.807) is 44.9 Å². The van der Waals surface area contributed by atoms with Crippen LogP contribution in [0.3, 0.4) is 0 Å². The Kier molecular flexibility index (Phi) is 0.886. The van der Waals surface area contributed by atoms with Crippen LogP contribution in [-0.2, 0) is 0 Å². The Morgan fingerprint density at radius 3 is 2.29 bits per heavy atom. The smallest absolute Gasteiger partial charge is 0.0283 e. The summed E-state index contributed by atoms with van der Waals surface area (Å²) in [4.78, 5) is 2.89. The molecule has 5 fully saturated rings. The molecule has 0 N–H and O–H groups in total. The van der Waals surface area contributed by atoms with Gasteiger partial charge in [0.15, 0.2) is 0 Å². The molecule has 0 aromatic heterocycles. The molecule has 1 nitrogen and oxygen atoms in total. The second kappa shape index (κ2) is 1.71. The van der Waals surface area contributed by atoms with Gasteiger partial charge in [-0.15, -0.1) is 0 Å². The molecule has 14 heavy (non-hydrogen) atoms. The quantitative estimate of drug-likeness (QED) is 0.565. The zero-order valence-electron chi connectivity index (χ0n) is 8.89. The van der Waals surface area contributed by atoms with Crippen LogP contribution in [0.2, 0.25) is 0 Å². The first kappa shape index (κ1) is 7.27. The van der Waals surface area contributed by atoms with Crippen molar-refractivity contribution in [2.45, 2.75) is 50.5 Å². The lowest BCUT2D eigenvalue weighted by Gasteiger charge is -2.87. The first-order valence-electron chi connectivity index (χ1n) is 6.58. The van der Waals surface area contributed by atoms with E-state index in [2.05, 4.69) is 4.90 Å². The fourth-order valence-electron chi connectivity index (χ4n) is 6.35. The predicted molar refractivity (Wildman–Crippen MR) is 55.0 cm³/mol. The zero-order valence-corrected chi connectivity index (χ0v) is 8.89. The highest BCUT2D eigenvalue weighted by Crippen LogP contribution is 2.84. The molecule has 3 aliphatic carbocycles. The minimum absolute atomic E-state index is 0.780. The third-order valence-electron chi connectivity index (χ3n) is 7.37. The standard InChI is InChI=1S/C13H19N/c1-2-11-3-4-12(11)5-6-13(12)7-8-14(13)9-10(1)11/h10H,1-9H2. The molecular weight excluding hydrogens is 170 g/mol. The Labute approximate surface area is 85.8 Å². The van der Waals surface area contributed by atoms with Crippen molar-refractivity contribution in [2.24, 2.45) is 16.7 Å². The minimum Gasteiger partial charge on any atom is -0.297 e. The lowest BCUT2D eigenvalue weighted by Crippen LogP contribution is -2.88. The largest absolute Gasteiger partial charge is 0.297 e. The maximum Gasteiger partial charge on any atom is 0.0283 e. The van der Waals surface area contributed by atoms with Crippen LogP contribution in [0.25, 0.3) is 0 Å². The van der Waals surface area contributed by atoms with Gasteiger partial charge >= 0.3 is 0 Å². The van der Waals surface area contributed by atoms with Crippen molar-refractivity contribution in [3.05, 3.63) is 0 Å². The number of rotatable bonds is 0. The highest BCUT2D eigenvalue weighted by molar-refractivity contribution is 5.34. The van der Waals surface area contributed by atoms with Crippen LogP contribution in [0.1, 0.15) is 44.9 Å². The SMILES string of the molecule is C1CC23CCC24CCC42CCN2CC13. The van der Waals surface area contributed by atoms with Crippen molar-refractivity contribution in [3.63, 3.8) is 0 Å². The topological polar surface area (TPSA) is 3.24 Å². The lowest BCUT2D eigenvalue weighted by molar-refractivity contribution is -0.371. The molecule has 5 rings (SSSR count). The van der Waals surface area contributed by atoms with Gasteiger partial charge in [-0.25, -0.2) is 0 Å². The summed E-state index contributed by atoms with van der Waals surface area (Å²) in [5.74, 6) is 1.13. The molecule has 0 bridgehead atoms. The van der Waals surface area contributed by atoms with Gasteiger partial charge in [0, 0.05) is 18.6 Å². The van der Waals surface area contributed by atoms with Crippen molar-refractivity contribution < 1.29 is 0 Å². The van der Waals surface area contributed by atoms with Crippen molar-refractivity contribution in [1.82, 2.24) is 4.90 Å². The molecule has 4 unspecified atom stereocenters. The molecule has 3 saturated carbocycles. The van der Waals surface area contributed by atoms with E-state index in [4.69, 9.17) is 0 Å². The normalized spacial score (nSPS) is 68.1. The van der Waals surface area contributed by atoms with Gasteiger partial charge in [0.1, 0.15) is 0 Å². The van der Waals surface area contributed by atoms with E-state index in [0.717, 1.165) is 22.3 Å². The van der Waals surface area contributed by atoms with Crippen LogP contribution in [-0.4, -0.2) is 23.5 Å². The Hall–Kier alpha value is -0.0400. The Bertz CT molecular complexity index is 296. The van der Waals surface area contributed by atoms with Crippen LogP contribution in [0, 0.1) is 16.7 Å². The molecule has 3 spiro atoms. The molecular formula is C13H19N. The van der Waals surface area contributed by atoms with Crippen molar-refractivity contribution in [3.8, 4) is 0 Å². The van der Waals surface area contributed by atoms with E-state index in [9.17, 15) is 0 Å². The van der Waals surface area contributed by atoms with Crippen molar-refractivity contribution in [2.75, 3.05) is 13.1 Å². The van der Waals surface area contributed by atoms with E-state index in [0.29, 0.717) is 0 Å². The predicted octanol–water partition coefficient (Wildman–Crippen LogP) is 2.41. The minimum atomic E-state index is 0.780. The Balaban J connectivity index is 1.70. The molecule has 1 heteroatoms. The number of nitrogens with zero attached hydrogens (tertiary/aromatic N) is 1. The van der Waals surface area contributed by atoms with E-state index in [1.807, 2.05) is 0 Å². The molecule has 2 aliphatic heterocycles. The lowest BCUT2D eigenvalue weighted by atomic mass is 9.24. The molecule has 2 heterocycles. The summed E-state index contributed by atoms with van der Waals surface area (Å²) in [6.45, 7) is 2.93. The van der Waals surface area contributed by atoms with Gasteiger partial charge in [0.25, 0.3) is 0 Å². The average molecular weight is 189 g/mol. The molecule has 5 aliphatic rings. The average Bonchev–Trinajstić information content (AvgIpc) is 1.96. The molecule has 0 aromatic carbocycles. The zero-order chi connectivity index (χ0) is 9.02. The number of hydrogen-bond acceptors (Lipinski definition) is 1. The van der Waals surface area contributed by atoms with Gasteiger partial charge in [-0.2, -0.15) is 0 Å². The summed E-state index contributed by atoms with van der Waals surface area (Å²) in [5, 5.41) is 0. The third-order valence-corrected chi connectivity index (χ3v) is 7.37. The maximum atomic E-state index is 2.89. The van der Waals surface area contributed by atoms with Gasteiger partial charge < -0.3 is 0 Å². The first-order valence-corrected chi connectivity index (χ1v) is 6.58. The molecule has 0 aromatic rings. The molecule has 0 radical (unpaired) electrons. The fourth-order valence-corrected chi connectivity index (χ4v) is 6.35. The van der Waals surface area contributed by atoms with Crippen LogP contribution < -0.4 is 0 Å². The molecule has 2 saturated heterocycles.